The number of hydrogen-bond acceptors (Lipinski definition) is 2. The number of halogens is 3. The van der Waals surface area contributed by atoms with Crippen LogP contribution in [-0.4, -0.2) is 0 Å². The van der Waals surface area contributed by atoms with E-state index in [0.29, 0.717) is 0 Å². The van der Waals surface area contributed by atoms with Gasteiger partial charge in [0.25, 0.3) is 0 Å². The molecule has 0 spiro atoms. The van der Waals surface area contributed by atoms with Crippen molar-refractivity contribution in [2.75, 3.05) is 10.2 Å². The maximum absolute atomic E-state index is 3.70. The molecule has 8 rings (SSSR count). The van der Waals surface area contributed by atoms with Crippen molar-refractivity contribution in [1.29, 1.82) is 0 Å². The summed E-state index contributed by atoms with van der Waals surface area (Å²) in [4.78, 5) is 2.44. The molecule has 0 aliphatic carbocycles. The second-order valence-electron chi connectivity index (χ2n) is 13.4. The van der Waals surface area contributed by atoms with E-state index >= 15 is 0 Å². The Balaban J connectivity index is 0.000000143. The highest BCUT2D eigenvalue weighted by atomic mass is 79.9. The lowest BCUT2D eigenvalue weighted by atomic mass is 9.73. The fourth-order valence-corrected chi connectivity index (χ4v) is 8.59. The molecule has 0 saturated heterocycles. The van der Waals surface area contributed by atoms with Crippen LogP contribution in [-0.2, 0) is 22.7 Å². The van der Waals surface area contributed by atoms with E-state index in [1.165, 1.54) is 60.6 Å². The van der Waals surface area contributed by atoms with Gasteiger partial charge in [0, 0.05) is 54.4 Å². The van der Waals surface area contributed by atoms with Gasteiger partial charge >= 0.3 is 0 Å². The molecule has 0 aromatic heterocycles. The SMILES string of the molecule is BrCc1ccccc1Br.CC1(C)c2ccccc2N(Cc2ccccc2Br)c2ccccc21.CC1(C)c2ccccc2Nc2ccccc21. The molecule has 2 aliphatic rings. The van der Waals surface area contributed by atoms with Crippen LogP contribution in [0.3, 0.4) is 0 Å². The van der Waals surface area contributed by atoms with Gasteiger partial charge < -0.3 is 10.2 Å². The summed E-state index contributed by atoms with van der Waals surface area (Å²) >= 11 is 10.5. The highest BCUT2D eigenvalue weighted by molar-refractivity contribution is 9.11. The van der Waals surface area contributed by atoms with Gasteiger partial charge in [0.15, 0.2) is 0 Å². The van der Waals surface area contributed by atoms with Crippen molar-refractivity contribution < 1.29 is 0 Å². The standard InChI is InChI=1S/C22H20BrN.C15H15N.C7H6Br2/c1-22(2)17-10-4-7-13-20(17)24(21-14-8-5-11-18(21)22)15-16-9-3-6-12-19(16)23;1-15(2)11-7-3-5-9-13(11)16-14-10-6-4-8-12(14)15;8-5-6-3-1-2-4-7(6)9/h3-14H,15H2,1-2H3;3-10,16H,1-2H3;1-4H,5H2. The number of rotatable bonds is 3. The predicted octanol–water partition coefficient (Wildman–Crippen LogP) is 13.8. The maximum atomic E-state index is 3.70. The third-order valence-corrected chi connectivity index (χ3v) is 11.7. The molecule has 0 atom stereocenters. The average molecular weight is 838 g/mol. The van der Waals surface area contributed by atoms with Gasteiger partial charge in [-0.3, -0.25) is 0 Å². The smallest absolute Gasteiger partial charge is 0.0493 e. The van der Waals surface area contributed by atoms with E-state index in [0.717, 1.165) is 16.3 Å². The number of benzene rings is 6. The molecular formula is C44H41Br3N2. The topological polar surface area (TPSA) is 15.3 Å². The van der Waals surface area contributed by atoms with Crippen LogP contribution < -0.4 is 10.2 Å². The Bertz CT molecular complexity index is 1970. The Morgan fingerprint density at radius 2 is 0.837 bits per heavy atom. The minimum Gasteiger partial charge on any atom is -0.355 e. The highest BCUT2D eigenvalue weighted by Crippen LogP contribution is 2.49. The molecule has 248 valence electrons. The Morgan fingerprint density at radius 1 is 0.469 bits per heavy atom. The van der Waals surface area contributed by atoms with E-state index in [2.05, 4.69) is 213 Å². The quantitative estimate of drug-likeness (QED) is 0.179. The molecule has 5 heteroatoms. The molecule has 0 saturated carbocycles. The van der Waals surface area contributed by atoms with E-state index in [1.54, 1.807) is 0 Å². The second-order valence-corrected chi connectivity index (χ2v) is 15.7. The summed E-state index contributed by atoms with van der Waals surface area (Å²) in [6, 6.07) is 51.3. The number of hydrogen-bond donors (Lipinski definition) is 1. The Kier molecular flexibility index (Phi) is 10.8. The summed E-state index contributed by atoms with van der Waals surface area (Å²) < 4.78 is 2.33. The molecule has 1 N–H and O–H groups in total. The molecule has 0 bridgehead atoms. The van der Waals surface area contributed by atoms with E-state index in [9.17, 15) is 0 Å². The van der Waals surface area contributed by atoms with Crippen LogP contribution in [0.15, 0.2) is 155 Å². The zero-order chi connectivity index (χ0) is 34.6. The van der Waals surface area contributed by atoms with E-state index in [-0.39, 0.29) is 10.8 Å². The molecular weight excluding hydrogens is 796 g/mol. The van der Waals surface area contributed by atoms with Crippen molar-refractivity contribution in [3.8, 4) is 0 Å². The minimum absolute atomic E-state index is 0.0115. The van der Waals surface area contributed by atoms with Gasteiger partial charge in [-0.15, -0.1) is 0 Å². The summed E-state index contributed by atoms with van der Waals surface area (Å²) in [5.74, 6) is 0. The first-order valence-corrected chi connectivity index (χ1v) is 19.3. The van der Waals surface area contributed by atoms with E-state index < -0.39 is 0 Å². The van der Waals surface area contributed by atoms with Crippen molar-refractivity contribution in [2.45, 2.75) is 50.4 Å². The number of fused-ring (bicyclic) bond motifs is 4. The minimum atomic E-state index is 0.0115. The Morgan fingerprint density at radius 3 is 1.29 bits per heavy atom. The number of para-hydroxylation sites is 4. The molecule has 6 aromatic carbocycles. The van der Waals surface area contributed by atoms with Gasteiger partial charge in [0.1, 0.15) is 0 Å². The Labute approximate surface area is 317 Å². The van der Waals surface area contributed by atoms with Crippen LogP contribution in [0.4, 0.5) is 22.7 Å². The summed E-state index contributed by atoms with van der Waals surface area (Å²) in [7, 11) is 0. The molecule has 2 nitrogen and oxygen atoms in total. The summed E-state index contributed by atoms with van der Waals surface area (Å²) in [6.45, 7) is 10.1. The molecule has 49 heavy (non-hydrogen) atoms. The summed E-state index contributed by atoms with van der Waals surface area (Å²) in [5.41, 5.74) is 13.2. The number of alkyl halides is 1. The molecule has 2 aliphatic heterocycles. The van der Waals surface area contributed by atoms with Crippen LogP contribution >= 0.6 is 47.8 Å². The zero-order valence-corrected chi connectivity index (χ0v) is 33.1. The van der Waals surface area contributed by atoms with Crippen LogP contribution in [0.2, 0.25) is 0 Å². The first-order valence-electron chi connectivity index (χ1n) is 16.6. The van der Waals surface area contributed by atoms with Crippen LogP contribution in [0.25, 0.3) is 0 Å². The van der Waals surface area contributed by atoms with Gasteiger partial charge in [-0.1, -0.05) is 185 Å². The lowest BCUT2D eigenvalue weighted by Gasteiger charge is -2.42. The van der Waals surface area contributed by atoms with Gasteiger partial charge in [-0.05, 0) is 69.8 Å². The first kappa shape index (κ1) is 35.2. The zero-order valence-electron chi connectivity index (χ0n) is 28.4. The molecule has 0 amide bonds. The molecule has 0 fully saturated rings. The van der Waals surface area contributed by atoms with E-state index in [1.807, 2.05) is 18.2 Å². The fourth-order valence-electron chi connectivity index (χ4n) is 6.89. The van der Waals surface area contributed by atoms with Crippen LogP contribution in [0.1, 0.15) is 61.1 Å². The second kappa shape index (κ2) is 15.1. The largest absolute Gasteiger partial charge is 0.355 e. The van der Waals surface area contributed by atoms with Gasteiger partial charge in [-0.25, -0.2) is 0 Å². The van der Waals surface area contributed by atoms with Gasteiger partial charge in [0.05, 0.1) is 0 Å². The Hall–Kier alpha value is -3.64. The molecule has 6 aromatic rings. The van der Waals surface area contributed by atoms with Crippen molar-refractivity contribution in [2.24, 2.45) is 0 Å². The lowest BCUT2D eigenvalue weighted by Crippen LogP contribution is -2.32. The molecule has 2 heterocycles. The van der Waals surface area contributed by atoms with Crippen molar-refractivity contribution in [3.05, 3.63) is 188 Å². The van der Waals surface area contributed by atoms with E-state index in [4.69, 9.17) is 0 Å². The monoisotopic (exact) mass is 834 g/mol. The average Bonchev–Trinajstić information content (AvgIpc) is 3.12. The summed E-state index contributed by atoms with van der Waals surface area (Å²) in [5, 5.41) is 4.41. The third-order valence-electron chi connectivity index (χ3n) is 9.59. The maximum Gasteiger partial charge on any atom is 0.0493 e. The molecule has 0 radical (unpaired) electrons. The van der Waals surface area contributed by atoms with Crippen LogP contribution in [0, 0.1) is 0 Å². The third kappa shape index (κ3) is 7.31. The number of nitrogens with zero attached hydrogens (tertiary/aromatic N) is 1. The summed E-state index contributed by atoms with van der Waals surface area (Å²) in [6.07, 6.45) is 0. The number of nitrogens with one attached hydrogen (secondary N) is 1. The molecule has 0 unspecified atom stereocenters. The predicted molar refractivity (Wildman–Crippen MR) is 220 cm³/mol. The van der Waals surface area contributed by atoms with Crippen molar-refractivity contribution in [3.63, 3.8) is 0 Å². The highest BCUT2D eigenvalue weighted by Gasteiger charge is 2.36. The lowest BCUT2D eigenvalue weighted by molar-refractivity contribution is 0.623. The number of anilines is 4. The van der Waals surface area contributed by atoms with Gasteiger partial charge in [0.2, 0.25) is 0 Å². The van der Waals surface area contributed by atoms with Gasteiger partial charge in [-0.2, -0.15) is 0 Å². The first-order chi connectivity index (χ1) is 23.6. The van der Waals surface area contributed by atoms with Crippen molar-refractivity contribution in [1.82, 2.24) is 0 Å². The van der Waals surface area contributed by atoms with Crippen LogP contribution in [0.5, 0.6) is 0 Å². The normalized spacial score (nSPS) is 14.2. The fraction of sp³-hybridized carbons (Fsp3) is 0.182. The van der Waals surface area contributed by atoms with Crippen molar-refractivity contribution >= 4 is 70.5 Å².